The van der Waals surface area contributed by atoms with E-state index in [0.29, 0.717) is 11.3 Å². The van der Waals surface area contributed by atoms with E-state index in [1.54, 1.807) is 0 Å². The average molecular weight is 290 g/mol. The first-order valence-corrected chi connectivity index (χ1v) is 8.56. The van der Waals surface area contributed by atoms with E-state index in [2.05, 4.69) is 62.3 Å². The van der Waals surface area contributed by atoms with E-state index in [0.717, 1.165) is 17.6 Å². The summed E-state index contributed by atoms with van der Waals surface area (Å²) in [6.45, 7) is 9.88. The van der Waals surface area contributed by atoms with Crippen LogP contribution in [0.25, 0.3) is 0 Å². The van der Waals surface area contributed by atoms with Crippen molar-refractivity contribution < 1.29 is 0 Å². The largest absolute Gasteiger partial charge is 0.358 e. The van der Waals surface area contributed by atoms with Gasteiger partial charge in [-0.15, -0.1) is 0 Å². The third kappa shape index (κ3) is 3.78. The van der Waals surface area contributed by atoms with Gasteiger partial charge in [-0.25, -0.2) is 0 Å². The summed E-state index contributed by atoms with van der Waals surface area (Å²) in [7, 11) is 0. The summed E-state index contributed by atoms with van der Waals surface area (Å²) < 4.78 is 0. The van der Waals surface area contributed by atoms with Crippen molar-refractivity contribution in [3.8, 4) is 0 Å². The van der Waals surface area contributed by atoms with Crippen molar-refractivity contribution in [2.24, 2.45) is 10.9 Å². The lowest BCUT2D eigenvalue weighted by Crippen LogP contribution is -2.24. The van der Waals surface area contributed by atoms with Crippen LogP contribution in [0.3, 0.4) is 0 Å². The Kier molecular flexibility index (Phi) is 5.53. The Morgan fingerprint density at radius 1 is 1.25 bits per heavy atom. The van der Waals surface area contributed by atoms with Crippen molar-refractivity contribution in [3.63, 3.8) is 0 Å². The molecule has 1 aromatic rings. The summed E-state index contributed by atoms with van der Waals surface area (Å²) in [5.74, 6) is 0.790. The Labute approximate surface area is 127 Å². The average Bonchev–Trinajstić information content (AvgIpc) is 2.89. The molecular weight excluding hydrogens is 264 g/mol. The molecule has 1 aliphatic rings. The maximum absolute atomic E-state index is 4.69. The second-order valence-electron chi connectivity index (χ2n) is 5.66. The van der Waals surface area contributed by atoms with E-state index in [-0.39, 0.29) is 0 Å². The Morgan fingerprint density at radius 2 is 1.90 bits per heavy atom. The van der Waals surface area contributed by atoms with E-state index < -0.39 is 0 Å². The zero-order valence-corrected chi connectivity index (χ0v) is 13.8. The molecule has 0 fully saturated rings. The van der Waals surface area contributed by atoms with E-state index in [1.807, 2.05) is 11.8 Å². The Bertz CT molecular complexity index is 449. The fourth-order valence-electron chi connectivity index (χ4n) is 2.65. The van der Waals surface area contributed by atoms with Crippen LogP contribution in [0.15, 0.2) is 29.3 Å². The third-order valence-electron chi connectivity index (χ3n) is 4.17. The van der Waals surface area contributed by atoms with E-state index >= 15 is 0 Å². The highest BCUT2D eigenvalue weighted by molar-refractivity contribution is 8.14. The van der Waals surface area contributed by atoms with Crippen LogP contribution in [0.2, 0.25) is 0 Å². The van der Waals surface area contributed by atoms with Crippen LogP contribution in [0, 0.1) is 12.8 Å². The van der Waals surface area contributed by atoms with Crippen LogP contribution < -0.4 is 5.32 Å². The molecule has 1 heterocycles. The minimum absolute atomic E-state index is 0.322. The number of nitrogens with one attached hydrogen (secondary N) is 1. The molecule has 110 valence electrons. The normalized spacial score (nSPS) is 20.1. The molecule has 1 N–H and O–H groups in total. The molecule has 2 atom stereocenters. The highest BCUT2D eigenvalue weighted by atomic mass is 32.2. The van der Waals surface area contributed by atoms with Crippen LogP contribution in [0.5, 0.6) is 0 Å². The smallest absolute Gasteiger partial charge is 0.157 e. The molecule has 0 saturated carbocycles. The Balaban J connectivity index is 1.90. The number of rotatable bonds is 5. The molecular formula is C17H26N2S. The molecule has 3 heteroatoms. The first-order chi connectivity index (χ1) is 9.63. The SMILES string of the molecule is CCC(CC)C1CN=C(NC(C)c2ccc(C)cc2)S1. The number of hydrogen-bond acceptors (Lipinski definition) is 3. The summed E-state index contributed by atoms with van der Waals surface area (Å²) >= 11 is 1.93. The van der Waals surface area contributed by atoms with Crippen molar-refractivity contribution in [2.75, 3.05) is 6.54 Å². The molecule has 0 spiro atoms. The van der Waals surface area contributed by atoms with Gasteiger partial charge in [-0.3, -0.25) is 4.99 Å². The molecule has 0 amide bonds. The van der Waals surface area contributed by atoms with Gasteiger partial charge in [0.25, 0.3) is 0 Å². The quantitative estimate of drug-likeness (QED) is 0.860. The van der Waals surface area contributed by atoms with E-state index in [1.165, 1.54) is 24.0 Å². The minimum Gasteiger partial charge on any atom is -0.358 e. The van der Waals surface area contributed by atoms with Crippen molar-refractivity contribution in [1.29, 1.82) is 0 Å². The van der Waals surface area contributed by atoms with Crippen LogP contribution in [0.1, 0.15) is 50.8 Å². The molecule has 1 aromatic carbocycles. The van der Waals surface area contributed by atoms with Gasteiger partial charge in [0, 0.05) is 5.25 Å². The number of benzene rings is 1. The number of aryl methyl sites for hydroxylation is 1. The first-order valence-electron chi connectivity index (χ1n) is 7.68. The van der Waals surface area contributed by atoms with Gasteiger partial charge >= 0.3 is 0 Å². The Morgan fingerprint density at radius 3 is 2.50 bits per heavy atom. The van der Waals surface area contributed by atoms with Crippen LogP contribution >= 0.6 is 11.8 Å². The molecule has 0 saturated heterocycles. The molecule has 20 heavy (non-hydrogen) atoms. The van der Waals surface area contributed by atoms with Crippen LogP contribution in [-0.4, -0.2) is 17.0 Å². The van der Waals surface area contributed by atoms with E-state index in [9.17, 15) is 0 Å². The van der Waals surface area contributed by atoms with E-state index in [4.69, 9.17) is 0 Å². The molecule has 2 nitrogen and oxygen atoms in total. The fraction of sp³-hybridized carbons (Fsp3) is 0.588. The van der Waals surface area contributed by atoms with Gasteiger partial charge in [0.1, 0.15) is 0 Å². The van der Waals surface area contributed by atoms with Crippen molar-refractivity contribution >= 4 is 16.9 Å². The van der Waals surface area contributed by atoms with Gasteiger partial charge in [-0.1, -0.05) is 68.3 Å². The molecule has 2 unspecified atom stereocenters. The number of aliphatic imine (C=N–C) groups is 1. The molecule has 0 aromatic heterocycles. The molecule has 0 aliphatic carbocycles. The zero-order chi connectivity index (χ0) is 14.5. The summed E-state index contributed by atoms with van der Waals surface area (Å²) in [6.07, 6.45) is 2.51. The van der Waals surface area contributed by atoms with Gasteiger partial charge in [-0.05, 0) is 25.3 Å². The standard InChI is InChI=1S/C17H26N2S/c1-5-14(6-2)16-11-18-17(20-16)19-13(4)15-9-7-12(3)8-10-15/h7-10,13-14,16H,5-6,11H2,1-4H3,(H,18,19). The van der Waals surface area contributed by atoms with Crippen molar-refractivity contribution in [1.82, 2.24) is 5.32 Å². The summed E-state index contributed by atoms with van der Waals surface area (Å²) in [5.41, 5.74) is 2.63. The van der Waals surface area contributed by atoms with Gasteiger partial charge < -0.3 is 5.32 Å². The van der Waals surface area contributed by atoms with Gasteiger partial charge in [0.2, 0.25) is 0 Å². The predicted molar refractivity (Wildman–Crippen MR) is 90.5 cm³/mol. The zero-order valence-electron chi connectivity index (χ0n) is 13.0. The maximum Gasteiger partial charge on any atom is 0.157 e. The van der Waals surface area contributed by atoms with Gasteiger partial charge in [-0.2, -0.15) is 0 Å². The summed E-state index contributed by atoms with van der Waals surface area (Å²) in [5, 5.41) is 5.35. The summed E-state index contributed by atoms with van der Waals surface area (Å²) in [6, 6.07) is 9.06. The number of nitrogens with zero attached hydrogens (tertiary/aromatic N) is 1. The van der Waals surface area contributed by atoms with Gasteiger partial charge in [0.05, 0.1) is 12.6 Å². The van der Waals surface area contributed by atoms with Crippen LogP contribution in [-0.2, 0) is 0 Å². The molecule has 1 aliphatic heterocycles. The minimum atomic E-state index is 0.322. The second kappa shape index (κ2) is 7.16. The number of amidine groups is 1. The monoisotopic (exact) mass is 290 g/mol. The van der Waals surface area contributed by atoms with Crippen molar-refractivity contribution in [2.45, 2.75) is 51.8 Å². The van der Waals surface area contributed by atoms with Gasteiger partial charge in [0.15, 0.2) is 5.17 Å². The molecule has 2 rings (SSSR count). The van der Waals surface area contributed by atoms with Crippen LogP contribution in [0.4, 0.5) is 0 Å². The summed E-state index contributed by atoms with van der Waals surface area (Å²) in [4.78, 5) is 4.69. The maximum atomic E-state index is 4.69. The Hall–Kier alpha value is -0.960. The molecule has 0 bridgehead atoms. The highest BCUT2D eigenvalue weighted by Gasteiger charge is 2.26. The van der Waals surface area contributed by atoms with Crippen molar-refractivity contribution in [3.05, 3.63) is 35.4 Å². The number of thioether (sulfide) groups is 1. The topological polar surface area (TPSA) is 24.4 Å². The predicted octanol–water partition coefficient (Wildman–Crippen LogP) is 4.55. The lowest BCUT2D eigenvalue weighted by Gasteiger charge is -2.20. The lowest BCUT2D eigenvalue weighted by molar-refractivity contribution is 0.479. The molecule has 0 radical (unpaired) electrons. The lowest BCUT2D eigenvalue weighted by atomic mass is 9.99. The highest BCUT2D eigenvalue weighted by Crippen LogP contribution is 2.31. The number of hydrogen-bond donors (Lipinski definition) is 1. The fourth-order valence-corrected chi connectivity index (χ4v) is 4.06. The first kappa shape index (κ1) is 15.4. The second-order valence-corrected chi connectivity index (χ2v) is 6.88. The third-order valence-corrected chi connectivity index (χ3v) is 5.48.